The first-order chi connectivity index (χ1) is 6.79. The zero-order valence-electron chi connectivity index (χ0n) is 8.83. The minimum absolute atomic E-state index is 0.240. The third kappa shape index (κ3) is 3.37. The molecular formula is C11H18N2O. The Kier molecular flexibility index (Phi) is 4.45. The van der Waals surface area contributed by atoms with Gasteiger partial charge in [-0.2, -0.15) is 5.26 Å². The smallest absolute Gasteiger partial charge is 0.222 e. The molecule has 0 unspecified atom stereocenters. The lowest BCUT2D eigenvalue weighted by Gasteiger charge is -2.20. The molecule has 1 fully saturated rings. The predicted molar refractivity (Wildman–Crippen MR) is 54.5 cm³/mol. The molecular weight excluding hydrogens is 176 g/mol. The summed E-state index contributed by atoms with van der Waals surface area (Å²) in [7, 11) is 0. The maximum absolute atomic E-state index is 11.7. The van der Waals surface area contributed by atoms with Gasteiger partial charge >= 0.3 is 0 Å². The van der Waals surface area contributed by atoms with Crippen LogP contribution in [0.5, 0.6) is 0 Å². The number of carbonyl (C=O) groups is 1. The van der Waals surface area contributed by atoms with Crippen molar-refractivity contribution in [2.75, 3.05) is 6.54 Å². The first-order valence-corrected chi connectivity index (χ1v) is 5.46. The Bertz CT molecular complexity index is 228. The van der Waals surface area contributed by atoms with E-state index in [0.717, 1.165) is 25.7 Å². The van der Waals surface area contributed by atoms with Crippen molar-refractivity contribution in [3.05, 3.63) is 0 Å². The molecule has 78 valence electrons. The third-order valence-corrected chi connectivity index (χ3v) is 2.52. The summed E-state index contributed by atoms with van der Waals surface area (Å²) in [6.07, 6.45) is 5.40. The van der Waals surface area contributed by atoms with E-state index >= 15 is 0 Å². The Morgan fingerprint density at radius 2 is 2.29 bits per heavy atom. The standard InChI is InChI=1S/C11H18N2O/c1-2-3-5-11(14)13(9-4-8-12)10-6-7-10/h10H,2-7,9H2,1H3. The highest BCUT2D eigenvalue weighted by molar-refractivity contribution is 5.76. The van der Waals surface area contributed by atoms with Gasteiger partial charge in [-0.3, -0.25) is 4.79 Å². The van der Waals surface area contributed by atoms with E-state index in [1.165, 1.54) is 0 Å². The number of hydrogen-bond donors (Lipinski definition) is 0. The van der Waals surface area contributed by atoms with E-state index in [-0.39, 0.29) is 5.91 Å². The number of unbranched alkanes of at least 4 members (excludes halogenated alkanes) is 1. The summed E-state index contributed by atoms with van der Waals surface area (Å²) in [5, 5.41) is 8.49. The molecule has 0 N–H and O–H groups in total. The normalized spacial score (nSPS) is 14.9. The van der Waals surface area contributed by atoms with Crippen LogP contribution in [0.15, 0.2) is 0 Å². The monoisotopic (exact) mass is 194 g/mol. The fourth-order valence-corrected chi connectivity index (χ4v) is 1.54. The Morgan fingerprint density at radius 1 is 1.57 bits per heavy atom. The summed E-state index contributed by atoms with van der Waals surface area (Å²) in [6.45, 7) is 2.72. The molecule has 0 bridgehead atoms. The van der Waals surface area contributed by atoms with Crippen LogP contribution in [-0.2, 0) is 4.79 Å². The van der Waals surface area contributed by atoms with Crippen molar-refractivity contribution in [1.29, 1.82) is 5.26 Å². The lowest BCUT2D eigenvalue weighted by atomic mass is 10.2. The summed E-state index contributed by atoms with van der Waals surface area (Å²) in [5.74, 6) is 0.240. The molecule has 0 aromatic heterocycles. The largest absolute Gasteiger partial charge is 0.339 e. The quantitative estimate of drug-likeness (QED) is 0.649. The van der Waals surface area contributed by atoms with Crippen LogP contribution in [0, 0.1) is 11.3 Å². The average molecular weight is 194 g/mol. The molecule has 1 amide bonds. The first-order valence-electron chi connectivity index (χ1n) is 5.46. The molecule has 3 nitrogen and oxygen atoms in total. The second kappa shape index (κ2) is 5.64. The fourth-order valence-electron chi connectivity index (χ4n) is 1.54. The van der Waals surface area contributed by atoms with E-state index in [2.05, 4.69) is 13.0 Å². The maximum Gasteiger partial charge on any atom is 0.222 e. The van der Waals surface area contributed by atoms with Crippen LogP contribution in [-0.4, -0.2) is 23.4 Å². The molecule has 0 heterocycles. The van der Waals surface area contributed by atoms with Gasteiger partial charge in [0.1, 0.15) is 0 Å². The third-order valence-electron chi connectivity index (χ3n) is 2.52. The van der Waals surface area contributed by atoms with Crippen LogP contribution < -0.4 is 0 Å². The van der Waals surface area contributed by atoms with Crippen LogP contribution >= 0.6 is 0 Å². The molecule has 3 heteroatoms. The van der Waals surface area contributed by atoms with Crippen LogP contribution in [0.3, 0.4) is 0 Å². The van der Waals surface area contributed by atoms with Crippen LogP contribution in [0.1, 0.15) is 45.4 Å². The molecule has 0 spiro atoms. The van der Waals surface area contributed by atoms with E-state index in [0.29, 0.717) is 25.4 Å². The van der Waals surface area contributed by atoms with Crippen LogP contribution in [0.2, 0.25) is 0 Å². The Hall–Kier alpha value is -1.04. The van der Waals surface area contributed by atoms with Crippen molar-refractivity contribution < 1.29 is 4.79 Å². The molecule has 1 rings (SSSR count). The zero-order chi connectivity index (χ0) is 10.4. The summed E-state index contributed by atoms with van der Waals surface area (Å²) >= 11 is 0. The molecule has 0 aliphatic heterocycles. The molecule has 0 aromatic carbocycles. The van der Waals surface area contributed by atoms with Gasteiger partial charge in [-0.1, -0.05) is 13.3 Å². The van der Waals surface area contributed by atoms with E-state index in [1.54, 1.807) is 0 Å². The zero-order valence-corrected chi connectivity index (χ0v) is 8.83. The van der Waals surface area contributed by atoms with Crippen molar-refractivity contribution in [2.45, 2.75) is 51.5 Å². The number of nitrogens with zero attached hydrogens (tertiary/aromatic N) is 2. The predicted octanol–water partition coefficient (Wildman–Crippen LogP) is 2.08. The Balaban J connectivity index is 2.33. The highest BCUT2D eigenvalue weighted by Gasteiger charge is 2.31. The number of carbonyl (C=O) groups excluding carboxylic acids is 1. The SMILES string of the molecule is CCCCC(=O)N(CCC#N)C1CC1. The lowest BCUT2D eigenvalue weighted by molar-refractivity contribution is -0.131. The minimum atomic E-state index is 0.240. The average Bonchev–Trinajstić information content (AvgIpc) is 2.99. The van der Waals surface area contributed by atoms with Gasteiger partial charge in [0, 0.05) is 19.0 Å². The van der Waals surface area contributed by atoms with Crippen LogP contribution in [0.25, 0.3) is 0 Å². The summed E-state index contributed by atoms with van der Waals surface area (Å²) in [5.41, 5.74) is 0. The Labute approximate surface area is 85.7 Å². The van der Waals surface area contributed by atoms with Crippen molar-refractivity contribution in [3.8, 4) is 6.07 Å². The van der Waals surface area contributed by atoms with Crippen molar-refractivity contribution in [2.24, 2.45) is 0 Å². The van der Waals surface area contributed by atoms with Gasteiger partial charge < -0.3 is 4.90 Å². The second-order valence-corrected chi connectivity index (χ2v) is 3.83. The molecule has 0 atom stereocenters. The summed E-state index contributed by atoms with van der Waals surface area (Å²) in [4.78, 5) is 13.6. The molecule has 0 radical (unpaired) electrons. The van der Waals surface area contributed by atoms with Gasteiger partial charge in [-0.25, -0.2) is 0 Å². The molecule has 0 saturated heterocycles. The van der Waals surface area contributed by atoms with E-state index in [9.17, 15) is 4.79 Å². The van der Waals surface area contributed by atoms with Crippen LogP contribution in [0.4, 0.5) is 0 Å². The van der Waals surface area contributed by atoms with E-state index in [1.807, 2.05) is 4.90 Å². The molecule has 1 aliphatic carbocycles. The number of amides is 1. The van der Waals surface area contributed by atoms with Gasteiger partial charge in [0.2, 0.25) is 5.91 Å². The van der Waals surface area contributed by atoms with Gasteiger partial charge in [-0.05, 0) is 19.3 Å². The van der Waals surface area contributed by atoms with Gasteiger partial charge in [0.25, 0.3) is 0 Å². The molecule has 1 saturated carbocycles. The minimum Gasteiger partial charge on any atom is -0.339 e. The van der Waals surface area contributed by atoms with Crippen molar-refractivity contribution in [3.63, 3.8) is 0 Å². The second-order valence-electron chi connectivity index (χ2n) is 3.83. The highest BCUT2D eigenvalue weighted by atomic mass is 16.2. The highest BCUT2D eigenvalue weighted by Crippen LogP contribution is 2.27. The molecule has 1 aliphatic rings. The number of nitriles is 1. The molecule has 14 heavy (non-hydrogen) atoms. The van der Waals surface area contributed by atoms with Gasteiger partial charge in [-0.15, -0.1) is 0 Å². The van der Waals surface area contributed by atoms with Gasteiger partial charge in [0.15, 0.2) is 0 Å². The van der Waals surface area contributed by atoms with E-state index < -0.39 is 0 Å². The topological polar surface area (TPSA) is 44.1 Å². The first kappa shape index (κ1) is 11.0. The van der Waals surface area contributed by atoms with Crippen molar-refractivity contribution >= 4 is 5.91 Å². The molecule has 0 aromatic rings. The lowest BCUT2D eigenvalue weighted by Crippen LogP contribution is -2.33. The fraction of sp³-hybridized carbons (Fsp3) is 0.818. The van der Waals surface area contributed by atoms with E-state index in [4.69, 9.17) is 5.26 Å². The Morgan fingerprint density at radius 3 is 2.79 bits per heavy atom. The summed E-state index contributed by atoms with van der Waals surface area (Å²) in [6, 6.07) is 2.55. The van der Waals surface area contributed by atoms with Crippen molar-refractivity contribution in [1.82, 2.24) is 4.90 Å². The maximum atomic E-state index is 11.7. The number of hydrogen-bond acceptors (Lipinski definition) is 2. The summed E-state index contributed by atoms with van der Waals surface area (Å²) < 4.78 is 0. The number of rotatable bonds is 6. The van der Waals surface area contributed by atoms with Gasteiger partial charge in [0.05, 0.1) is 12.5 Å².